The van der Waals surface area contributed by atoms with E-state index in [4.69, 9.17) is 10.8 Å². The Balaban J connectivity index is 1.49. The maximum Gasteiger partial charge on any atom is 0.255 e. The van der Waals surface area contributed by atoms with Crippen molar-refractivity contribution in [2.45, 2.75) is 45.1 Å². The number of hydrogen-bond donors (Lipinski definition) is 2. The zero-order valence-corrected chi connectivity index (χ0v) is 22.5. The first-order valence-corrected chi connectivity index (χ1v) is 13.1. The number of carbonyl (C=O) groups is 2. The van der Waals surface area contributed by atoms with Crippen molar-refractivity contribution in [3.63, 3.8) is 0 Å². The van der Waals surface area contributed by atoms with Gasteiger partial charge in [0.1, 0.15) is 17.8 Å². The molecule has 9 heteroatoms. The number of fused-ring (bicyclic) bond motifs is 1. The highest BCUT2D eigenvalue weighted by Gasteiger charge is 2.28. The number of aromatic nitrogens is 4. The second-order valence-corrected chi connectivity index (χ2v) is 10.9. The Kier molecular flexibility index (Phi) is 6.91. The second kappa shape index (κ2) is 10.3. The van der Waals surface area contributed by atoms with E-state index in [1.165, 1.54) is 12.4 Å². The van der Waals surface area contributed by atoms with Crippen molar-refractivity contribution in [2.75, 3.05) is 24.1 Å². The first kappa shape index (κ1) is 26.1. The summed E-state index contributed by atoms with van der Waals surface area (Å²) in [6, 6.07) is 15.1. The number of likely N-dealkylation sites (tertiary alicyclic amines) is 1. The Bertz CT molecular complexity index is 1570. The average molecular weight is 524 g/mol. The van der Waals surface area contributed by atoms with E-state index in [-0.39, 0.29) is 23.3 Å². The molecule has 0 radical (unpaired) electrons. The molecule has 2 aromatic heterocycles. The van der Waals surface area contributed by atoms with Crippen LogP contribution in [0, 0.1) is 0 Å². The number of nitrogens with two attached hydrogens (primary N) is 1. The van der Waals surface area contributed by atoms with Crippen LogP contribution in [0.5, 0.6) is 0 Å². The lowest BCUT2D eigenvalue weighted by Gasteiger charge is -2.32. The van der Waals surface area contributed by atoms with Crippen LogP contribution < -0.4 is 11.1 Å². The van der Waals surface area contributed by atoms with E-state index >= 15 is 0 Å². The summed E-state index contributed by atoms with van der Waals surface area (Å²) in [7, 11) is 0. The van der Waals surface area contributed by atoms with Crippen LogP contribution in [0.2, 0.25) is 0 Å². The van der Waals surface area contributed by atoms with Crippen LogP contribution in [0.25, 0.3) is 22.3 Å². The molecule has 0 unspecified atom stereocenters. The monoisotopic (exact) mass is 523 g/mol. The van der Waals surface area contributed by atoms with E-state index in [1.54, 1.807) is 17.0 Å². The van der Waals surface area contributed by atoms with Gasteiger partial charge in [0.05, 0.1) is 11.4 Å². The summed E-state index contributed by atoms with van der Waals surface area (Å²) in [6.45, 7) is 11.2. The fourth-order valence-electron chi connectivity index (χ4n) is 5.01. The third-order valence-corrected chi connectivity index (χ3v) is 7.13. The SMILES string of the molecule is C=CC(=O)N1CCC[C@@H](n2nc(-c3cccc(C(=O)Nc4cccc(C(C)(C)C)c4)c3)c3c(N)ncnc32)C1. The molecule has 0 aliphatic carbocycles. The van der Waals surface area contributed by atoms with Gasteiger partial charge in [-0.3, -0.25) is 9.59 Å². The van der Waals surface area contributed by atoms with Crippen LogP contribution in [0.15, 0.2) is 67.5 Å². The fraction of sp³-hybridized carbons (Fsp3) is 0.300. The molecule has 0 spiro atoms. The molecule has 1 atom stereocenters. The highest BCUT2D eigenvalue weighted by molar-refractivity contribution is 6.06. The Morgan fingerprint density at radius 1 is 1.13 bits per heavy atom. The van der Waals surface area contributed by atoms with Gasteiger partial charge in [-0.05, 0) is 54.2 Å². The summed E-state index contributed by atoms with van der Waals surface area (Å²) in [5.41, 5.74) is 10.6. The lowest BCUT2D eigenvalue weighted by Crippen LogP contribution is -2.40. The first-order chi connectivity index (χ1) is 18.7. The predicted molar refractivity (Wildman–Crippen MR) is 153 cm³/mol. The number of piperidine rings is 1. The number of hydrogen-bond acceptors (Lipinski definition) is 6. The van der Waals surface area contributed by atoms with E-state index < -0.39 is 0 Å². The summed E-state index contributed by atoms with van der Waals surface area (Å²) in [5.74, 6) is -0.0102. The van der Waals surface area contributed by atoms with Gasteiger partial charge in [0, 0.05) is 29.9 Å². The van der Waals surface area contributed by atoms with Crippen LogP contribution in [-0.4, -0.2) is 49.6 Å². The highest BCUT2D eigenvalue weighted by atomic mass is 16.2. The van der Waals surface area contributed by atoms with Gasteiger partial charge in [-0.1, -0.05) is 51.6 Å². The minimum absolute atomic E-state index is 0.0309. The lowest BCUT2D eigenvalue weighted by molar-refractivity contribution is -0.127. The molecule has 2 aromatic carbocycles. The van der Waals surface area contributed by atoms with Crippen LogP contribution in [0.3, 0.4) is 0 Å². The molecule has 0 bridgehead atoms. The molecule has 2 amide bonds. The number of benzene rings is 2. The molecule has 39 heavy (non-hydrogen) atoms. The molecule has 1 saturated heterocycles. The van der Waals surface area contributed by atoms with Gasteiger partial charge >= 0.3 is 0 Å². The molecule has 9 nitrogen and oxygen atoms in total. The summed E-state index contributed by atoms with van der Waals surface area (Å²) in [5, 5.41) is 8.57. The van der Waals surface area contributed by atoms with E-state index in [1.807, 2.05) is 35.0 Å². The van der Waals surface area contributed by atoms with E-state index in [0.717, 1.165) is 29.7 Å². The third-order valence-electron chi connectivity index (χ3n) is 7.13. The summed E-state index contributed by atoms with van der Waals surface area (Å²) in [6.07, 6.45) is 4.44. The zero-order chi connectivity index (χ0) is 27.7. The average Bonchev–Trinajstić information content (AvgIpc) is 3.33. The second-order valence-electron chi connectivity index (χ2n) is 10.9. The van der Waals surface area contributed by atoms with Crippen LogP contribution >= 0.6 is 0 Å². The van der Waals surface area contributed by atoms with Crippen molar-refractivity contribution in [1.29, 1.82) is 0 Å². The number of anilines is 2. The van der Waals surface area contributed by atoms with Crippen LogP contribution in [0.1, 0.15) is 55.6 Å². The number of nitrogen functional groups attached to an aromatic ring is 1. The zero-order valence-electron chi connectivity index (χ0n) is 22.5. The van der Waals surface area contributed by atoms with E-state index in [0.29, 0.717) is 41.2 Å². The van der Waals surface area contributed by atoms with Crippen molar-refractivity contribution in [2.24, 2.45) is 0 Å². The smallest absolute Gasteiger partial charge is 0.255 e. The molecule has 200 valence electrons. The minimum Gasteiger partial charge on any atom is -0.383 e. The topological polar surface area (TPSA) is 119 Å². The molecule has 1 aliphatic heterocycles. The van der Waals surface area contributed by atoms with Crippen molar-refractivity contribution in [3.05, 3.63) is 78.6 Å². The lowest BCUT2D eigenvalue weighted by atomic mass is 9.87. The molecule has 4 aromatic rings. The number of nitrogens with one attached hydrogen (secondary N) is 1. The van der Waals surface area contributed by atoms with Crippen molar-refractivity contribution >= 4 is 34.4 Å². The van der Waals surface area contributed by atoms with Gasteiger partial charge in [0.25, 0.3) is 5.91 Å². The van der Waals surface area contributed by atoms with E-state index in [9.17, 15) is 9.59 Å². The first-order valence-electron chi connectivity index (χ1n) is 13.1. The van der Waals surface area contributed by atoms with Gasteiger partial charge in [0.15, 0.2) is 5.65 Å². The van der Waals surface area contributed by atoms with Crippen LogP contribution in [-0.2, 0) is 10.2 Å². The fourth-order valence-corrected chi connectivity index (χ4v) is 5.01. The van der Waals surface area contributed by atoms with Gasteiger partial charge < -0.3 is 16.0 Å². The molecule has 1 aliphatic rings. The molecule has 0 saturated carbocycles. The molecular weight excluding hydrogens is 490 g/mol. The summed E-state index contributed by atoms with van der Waals surface area (Å²) < 4.78 is 1.84. The van der Waals surface area contributed by atoms with Gasteiger partial charge in [-0.2, -0.15) is 5.10 Å². The Hall–Kier alpha value is -4.53. The highest BCUT2D eigenvalue weighted by Crippen LogP contribution is 2.34. The van der Waals surface area contributed by atoms with Crippen molar-refractivity contribution < 1.29 is 9.59 Å². The van der Waals surface area contributed by atoms with Gasteiger partial charge in [-0.25, -0.2) is 14.6 Å². The predicted octanol–water partition coefficient (Wildman–Crippen LogP) is 4.97. The molecule has 3 N–H and O–H groups in total. The van der Waals surface area contributed by atoms with Gasteiger partial charge in [0.2, 0.25) is 5.91 Å². The number of nitrogens with zero attached hydrogens (tertiary/aromatic N) is 5. The quantitative estimate of drug-likeness (QED) is 0.356. The number of carbonyl (C=O) groups excluding carboxylic acids is 2. The van der Waals surface area contributed by atoms with Crippen molar-refractivity contribution in [3.8, 4) is 11.3 Å². The normalized spacial score (nSPS) is 15.8. The largest absolute Gasteiger partial charge is 0.383 e. The minimum atomic E-state index is -0.221. The molecule has 1 fully saturated rings. The summed E-state index contributed by atoms with van der Waals surface area (Å²) in [4.78, 5) is 36.0. The Labute approximate surface area is 227 Å². The number of rotatable bonds is 5. The Morgan fingerprint density at radius 3 is 2.69 bits per heavy atom. The maximum atomic E-state index is 13.2. The molecule has 3 heterocycles. The van der Waals surface area contributed by atoms with Gasteiger partial charge in [-0.15, -0.1) is 0 Å². The standard InChI is InChI=1S/C30H33N7O2/c1-5-24(38)36-14-8-13-23(17-36)37-28-25(27(31)32-18-33-28)26(35-37)19-9-6-10-20(15-19)29(39)34-22-12-7-11-21(16-22)30(2,3)4/h5-7,9-12,15-16,18,23H,1,8,13-14,17H2,2-4H3,(H,34,39)(H2,31,32,33)/t23-/m1/s1. The molecule has 5 rings (SSSR count). The van der Waals surface area contributed by atoms with E-state index in [2.05, 4.69) is 48.7 Å². The Morgan fingerprint density at radius 2 is 1.92 bits per heavy atom. The van der Waals surface area contributed by atoms with Crippen molar-refractivity contribution in [1.82, 2.24) is 24.6 Å². The molecular formula is C30H33N7O2. The van der Waals surface area contributed by atoms with Crippen LogP contribution in [0.4, 0.5) is 11.5 Å². The third kappa shape index (κ3) is 5.25. The number of amides is 2. The summed E-state index contributed by atoms with van der Waals surface area (Å²) >= 11 is 0. The maximum absolute atomic E-state index is 13.2.